The maximum atomic E-state index is 5.25. The van der Waals surface area contributed by atoms with Gasteiger partial charge >= 0.3 is 0 Å². The van der Waals surface area contributed by atoms with Crippen molar-refractivity contribution in [3.63, 3.8) is 0 Å². The fourth-order valence-electron chi connectivity index (χ4n) is 1.57. The average molecular weight is 165 g/mol. The highest BCUT2D eigenvalue weighted by Gasteiger charge is 2.29. The van der Waals surface area contributed by atoms with Gasteiger partial charge in [-0.05, 0) is 38.1 Å². The van der Waals surface area contributed by atoms with Crippen molar-refractivity contribution < 1.29 is 0 Å². The number of hydrogen-bond donors (Lipinski definition) is 1. The van der Waals surface area contributed by atoms with E-state index in [9.17, 15) is 0 Å². The third-order valence-electron chi connectivity index (χ3n) is 2.45. The van der Waals surface area contributed by atoms with Crippen LogP contribution in [-0.2, 0) is 0 Å². The summed E-state index contributed by atoms with van der Waals surface area (Å²) >= 11 is 0. The highest BCUT2D eigenvalue weighted by atomic mass is 14.9. The molecule has 0 spiro atoms. The molecular weight excluding hydrogens is 146 g/mol. The van der Waals surface area contributed by atoms with Crippen LogP contribution >= 0.6 is 0 Å². The predicted molar refractivity (Wildman–Crippen MR) is 52.9 cm³/mol. The summed E-state index contributed by atoms with van der Waals surface area (Å²) in [5, 5.41) is 3.57. The molecule has 0 heterocycles. The van der Waals surface area contributed by atoms with Crippen LogP contribution in [-0.4, -0.2) is 12.6 Å². The Morgan fingerprint density at radius 3 is 2.83 bits per heavy atom. The molecule has 1 fully saturated rings. The molecule has 1 unspecified atom stereocenters. The SMILES string of the molecule is C#CCCC(NCCC)C1CC1. The summed E-state index contributed by atoms with van der Waals surface area (Å²) in [5.41, 5.74) is 0. The van der Waals surface area contributed by atoms with Crippen LogP contribution in [0, 0.1) is 18.3 Å². The van der Waals surface area contributed by atoms with Crippen LogP contribution in [0.15, 0.2) is 0 Å². The first-order chi connectivity index (χ1) is 5.88. The van der Waals surface area contributed by atoms with E-state index in [2.05, 4.69) is 18.2 Å². The summed E-state index contributed by atoms with van der Waals surface area (Å²) in [7, 11) is 0. The lowest BCUT2D eigenvalue weighted by molar-refractivity contribution is 0.440. The number of terminal acetylenes is 1. The Balaban J connectivity index is 2.14. The largest absolute Gasteiger partial charge is 0.314 e. The molecule has 1 aliphatic rings. The van der Waals surface area contributed by atoms with Gasteiger partial charge in [0, 0.05) is 12.5 Å². The van der Waals surface area contributed by atoms with Gasteiger partial charge in [0.1, 0.15) is 0 Å². The molecule has 0 saturated heterocycles. The lowest BCUT2D eigenvalue weighted by Gasteiger charge is -2.16. The molecule has 0 aliphatic heterocycles. The van der Waals surface area contributed by atoms with Gasteiger partial charge in [-0.25, -0.2) is 0 Å². The van der Waals surface area contributed by atoms with Gasteiger partial charge in [0.15, 0.2) is 0 Å². The number of hydrogen-bond acceptors (Lipinski definition) is 1. The summed E-state index contributed by atoms with van der Waals surface area (Å²) in [6.07, 6.45) is 11.4. The number of rotatable bonds is 6. The lowest BCUT2D eigenvalue weighted by Crippen LogP contribution is -2.31. The molecule has 0 aromatic carbocycles. The third kappa shape index (κ3) is 3.28. The Bertz CT molecular complexity index is 153. The van der Waals surface area contributed by atoms with Crippen molar-refractivity contribution >= 4 is 0 Å². The zero-order chi connectivity index (χ0) is 8.81. The molecule has 0 aromatic heterocycles. The molecule has 0 radical (unpaired) electrons. The first-order valence-corrected chi connectivity index (χ1v) is 5.05. The highest BCUT2D eigenvalue weighted by Crippen LogP contribution is 2.34. The standard InChI is InChI=1S/C11H19N/c1-3-5-6-11(10-7-8-10)12-9-4-2/h1,10-12H,4-9H2,2H3. The zero-order valence-corrected chi connectivity index (χ0v) is 7.97. The zero-order valence-electron chi connectivity index (χ0n) is 7.97. The van der Waals surface area contributed by atoms with Gasteiger partial charge in [0.2, 0.25) is 0 Å². The molecule has 0 aromatic rings. The molecule has 12 heavy (non-hydrogen) atoms. The van der Waals surface area contributed by atoms with Crippen LogP contribution in [0.5, 0.6) is 0 Å². The van der Waals surface area contributed by atoms with Gasteiger partial charge in [-0.2, -0.15) is 0 Å². The van der Waals surface area contributed by atoms with E-state index in [1.807, 2.05) is 0 Å². The smallest absolute Gasteiger partial charge is 0.0104 e. The second kappa shape index (κ2) is 5.22. The van der Waals surface area contributed by atoms with E-state index in [0.717, 1.165) is 18.9 Å². The van der Waals surface area contributed by atoms with Gasteiger partial charge in [-0.3, -0.25) is 0 Å². The van der Waals surface area contributed by atoms with Gasteiger partial charge in [0.25, 0.3) is 0 Å². The molecule has 1 N–H and O–H groups in total. The van der Waals surface area contributed by atoms with Gasteiger partial charge < -0.3 is 5.32 Å². The maximum Gasteiger partial charge on any atom is 0.0104 e. The monoisotopic (exact) mass is 165 g/mol. The third-order valence-corrected chi connectivity index (χ3v) is 2.45. The van der Waals surface area contributed by atoms with Crippen molar-refractivity contribution in [3.8, 4) is 12.3 Å². The van der Waals surface area contributed by atoms with E-state index in [1.165, 1.54) is 25.7 Å². The van der Waals surface area contributed by atoms with Crippen molar-refractivity contribution in [2.45, 2.75) is 45.1 Å². The minimum Gasteiger partial charge on any atom is -0.314 e. The fraction of sp³-hybridized carbons (Fsp3) is 0.818. The molecule has 0 amide bonds. The van der Waals surface area contributed by atoms with E-state index >= 15 is 0 Å². The van der Waals surface area contributed by atoms with E-state index in [4.69, 9.17) is 6.42 Å². The van der Waals surface area contributed by atoms with Crippen LogP contribution in [0.4, 0.5) is 0 Å². The summed E-state index contributed by atoms with van der Waals surface area (Å²) in [4.78, 5) is 0. The van der Waals surface area contributed by atoms with Gasteiger partial charge in [-0.1, -0.05) is 6.92 Å². The Morgan fingerprint density at radius 2 is 2.33 bits per heavy atom. The topological polar surface area (TPSA) is 12.0 Å². The quantitative estimate of drug-likeness (QED) is 0.595. The van der Waals surface area contributed by atoms with Crippen molar-refractivity contribution in [2.24, 2.45) is 5.92 Å². The normalized spacial score (nSPS) is 18.7. The van der Waals surface area contributed by atoms with Crippen LogP contribution in [0.25, 0.3) is 0 Å². The molecule has 1 saturated carbocycles. The molecule has 1 atom stereocenters. The summed E-state index contributed by atoms with van der Waals surface area (Å²) < 4.78 is 0. The van der Waals surface area contributed by atoms with E-state index in [1.54, 1.807) is 0 Å². The molecule has 0 bridgehead atoms. The fourth-order valence-corrected chi connectivity index (χ4v) is 1.57. The van der Waals surface area contributed by atoms with Crippen molar-refractivity contribution in [3.05, 3.63) is 0 Å². The van der Waals surface area contributed by atoms with Crippen molar-refractivity contribution in [1.29, 1.82) is 0 Å². The van der Waals surface area contributed by atoms with Crippen LogP contribution in [0.1, 0.15) is 39.0 Å². The molecule has 1 nitrogen and oxygen atoms in total. The molecular formula is C11H19N. The van der Waals surface area contributed by atoms with Gasteiger partial charge in [-0.15, -0.1) is 12.3 Å². The summed E-state index contributed by atoms with van der Waals surface area (Å²) in [6, 6.07) is 0.709. The predicted octanol–water partition coefficient (Wildman–Crippen LogP) is 2.18. The summed E-state index contributed by atoms with van der Waals surface area (Å²) in [5.74, 6) is 3.65. The molecule has 68 valence electrons. The Labute approximate surface area is 75.9 Å². The Kier molecular flexibility index (Phi) is 4.18. The second-order valence-electron chi connectivity index (χ2n) is 3.64. The molecule has 1 rings (SSSR count). The minimum atomic E-state index is 0.709. The first kappa shape index (κ1) is 9.61. The van der Waals surface area contributed by atoms with Crippen molar-refractivity contribution in [1.82, 2.24) is 5.32 Å². The number of nitrogens with one attached hydrogen (secondary N) is 1. The van der Waals surface area contributed by atoms with E-state index < -0.39 is 0 Å². The van der Waals surface area contributed by atoms with Crippen molar-refractivity contribution in [2.75, 3.05) is 6.54 Å². The first-order valence-electron chi connectivity index (χ1n) is 5.05. The Morgan fingerprint density at radius 1 is 1.58 bits per heavy atom. The molecule has 1 heteroatoms. The van der Waals surface area contributed by atoms with Crippen LogP contribution < -0.4 is 5.32 Å². The Hall–Kier alpha value is -0.480. The molecule has 1 aliphatic carbocycles. The average Bonchev–Trinajstić information content (AvgIpc) is 2.88. The lowest BCUT2D eigenvalue weighted by atomic mass is 10.1. The van der Waals surface area contributed by atoms with Gasteiger partial charge in [0.05, 0.1) is 0 Å². The van der Waals surface area contributed by atoms with E-state index in [-0.39, 0.29) is 0 Å². The maximum absolute atomic E-state index is 5.25. The highest BCUT2D eigenvalue weighted by molar-refractivity contribution is 4.91. The minimum absolute atomic E-state index is 0.709. The van der Waals surface area contributed by atoms with Crippen LogP contribution in [0.3, 0.4) is 0 Å². The van der Waals surface area contributed by atoms with Crippen LogP contribution in [0.2, 0.25) is 0 Å². The summed E-state index contributed by atoms with van der Waals surface area (Å²) in [6.45, 7) is 3.35. The van der Waals surface area contributed by atoms with E-state index in [0.29, 0.717) is 6.04 Å². The second-order valence-corrected chi connectivity index (χ2v) is 3.64.